The third-order valence-corrected chi connectivity index (χ3v) is 3.10. The van der Waals surface area contributed by atoms with E-state index in [1.807, 2.05) is 25.2 Å². The fraction of sp³-hybridized carbons (Fsp3) is 0.500. The van der Waals surface area contributed by atoms with Crippen molar-refractivity contribution in [3.63, 3.8) is 0 Å². The van der Waals surface area contributed by atoms with Crippen molar-refractivity contribution in [2.24, 2.45) is 0 Å². The lowest BCUT2D eigenvalue weighted by molar-refractivity contribution is -0.0756. The Morgan fingerprint density at radius 1 is 1.25 bits per heavy atom. The summed E-state index contributed by atoms with van der Waals surface area (Å²) in [5.74, 6) is 1.63. The third-order valence-electron chi connectivity index (χ3n) is 3.10. The number of hydrogen-bond donors (Lipinski definition) is 1. The normalized spacial score (nSPS) is 17.7. The Hall–Kier alpha value is -1.26. The zero-order valence-electron chi connectivity index (χ0n) is 9.87. The van der Waals surface area contributed by atoms with Crippen LogP contribution in [0.5, 0.6) is 11.5 Å². The van der Waals surface area contributed by atoms with Gasteiger partial charge in [0.05, 0.1) is 33.0 Å². The first-order valence-electron chi connectivity index (χ1n) is 5.25. The van der Waals surface area contributed by atoms with E-state index in [4.69, 9.17) is 14.2 Å². The van der Waals surface area contributed by atoms with Crippen molar-refractivity contribution in [1.29, 1.82) is 0 Å². The van der Waals surface area contributed by atoms with Crippen molar-refractivity contribution in [2.75, 3.05) is 34.5 Å². The van der Waals surface area contributed by atoms with Gasteiger partial charge in [-0.1, -0.05) is 0 Å². The predicted molar refractivity (Wildman–Crippen MR) is 61.1 cm³/mol. The standard InChI is InChI=1S/C12H17NO3/c1-13-12(7-16-8-12)10-5-4-9(14-2)6-11(10)15-3/h4-6,13H,7-8H2,1-3H3. The first kappa shape index (κ1) is 11.2. The van der Waals surface area contributed by atoms with E-state index in [0.717, 1.165) is 17.1 Å². The van der Waals surface area contributed by atoms with E-state index in [9.17, 15) is 0 Å². The van der Waals surface area contributed by atoms with Crippen LogP contribution in [0.15, 0.2) is 18.2 Å². The molecule has 1 saturated heterocycles. The minimum Gasteiger partial charge on any atom is -0.497 e. The van der Waals surface area contributed by atoms with E-state index in [1.54, 1.807) is 14.2 Å². The van der Waals surface area contributed by atoms with Gasteiger partial charge in [0.1, 0.15) is 11.5 Å². The minimum absolute atomic E-state index is 0.113. The maximum absolute atomic E-state index is 5.40. The molecule has 1 aromatic rings. The van der Waals surface area contributed by atoms with E-state index in [2.05, 4.69) is 5.32 Å². The fourth-order valence-electron chi connectivity index (χ4n) is 1.93. The molecule has 0 atom stereocenters. The van der Waals surface area contributed by atoms with E-state index in [0.29, 0.717) is 13.2 Å². The molecule has 4 heteroatoms. The van der Waals surface area contributed by atoms with Gasteiger partial charge >= 0.3 is 0 Å². The maximum atomic E-state index is 5.40. The van der Waals surface area contributed by atoms with Gasteiger partial charge < -0.3 is 19.5 Å². The van der Waals surface area contributed by atoms with Crippen LogP contribution in [0.3, 0.4) is 0 Å². The molecule has 1 N–H and O–H groups in total. The number of likely N-dealkylation sites (N-methyl/N-ethyl adjacent to an activating group) is 1. The fourth-order valence-corrected chi connectivity index (χ4v) is 1.93. The average Bonchev–Trinajstić information content (AvgIpc) is 2.28. The Kier molecular flexibility index (Phi) is 3.03. The van der Waals surface area contributed by atoms with Gasteiger partial charge in [-0.25, -0.2) is 0 Å². The first-order valence-corrected chi connectivity index (χ1v) is 5.25. The number of nitrogens with one attached hydrogen (secondary N) is 1. The van der Waals surface area contributed by atoms with Gasteiger partial charge in [-0.15, -0.1) is 0 Å². The van der Waals surface area contributed by atoms with Gasteiger partial charge in [-0.05, 0) is 19.2 Å². The topological polar surface area (TPSA) is 39.7 Å². The molecular weight excluding hydrogens is 206 g/mol. The van der Waals surface area contributed by atoms with Gasteiger partial charge in [-0.3, -0.25) is 0 Å². The minimum atomic E-state index is -0.113. The van der Waals surface area contributed by atoms with Crippen LogP contribution < -0.4 is 14.8 Å². The van der Waals surface area contributed by atoms with Crippen molar-refractivity contribution in [3.05, 3.63) is 23.8 Å². The lowest BCUT2D eigenvalue weighted by atomic mass is 9.87. The SMILES string of the molecule is CNC1(c2ccc(OC)cc2OC)COC1. The Bertz CT molecular complexity index is 369. The Morgan fingerprint density at radius 3 is 2.44 bits per heavy atom. The smallest absolute Gasteiger partial charge is 0.127 e. The second-order valence-corrected chi connectivity index (χ2v) is 3.89. The van der Waals surface area contributed by atoms with Crippen molar-refractivity contribution in [2.45, 2.75) is 5.54 Å². The van der Waals surface area contributed by atoms with Crippen LogP contribution in [0.2, 0.25) is 0 Å². The summed E-state index contributed by atoms with van der Waals surface area (Å²) in [6.07, 6.45) is 0. The van der Waals surface area contributed by atoms with Crippen LogP contribution in [-0.2, 0) is 10.3 Å². The zero-order valence-corrected chi connectivity index (χ0v) is 9.87. The van der Waals surface area contributed by atoms with E-state index in [-0.39, 0.29) is 5.54 Å². The molecule has 0 aliphatic carbocycles. The third kappa shape index (κ3) is 1.64. The molecule has 1 aromatic carbocycles. The molecule has 0 unspecified atom stereocenters. The highest BCUT2D eigenvalue weighted by Crippen LogP contribution is 2.37. The van der Waals surface area contributed by atoms with Gasteiger partial charge in [0.15, 0.2) is 0 Å². The van der Waals surface area contributed by atoms with E-state index < -0.39 is 0 Å². The molecule has 0 saturated carbocycles. The van der Waals surface area contributed by atoms with Crippen molar-refractivity contribution in [1.82, 2.24) is 5.32 Å². The van der Waals surface area contributed by atoms with Crippen LogP contribution in [0.4, 0.5) is 0 Å². The van der Waals surface area contributed by atoms with Gasteiger partial charge in [0.25, 0.3) is 0 Å². The molecule has 0 radical (unpaired) electrons. The zero-order chi connectivity index (χ0) is 11.6. The lowest BCUT2D eigenvalue weighted by Crippen LogP contribution is -2.56. The van der Waals surface area contributed by atoms with E-state index in [1.165, 1.54) is 0 Å². The molecule has 0 bridgehead atoms. The Balaban J connectivity index is 2.39. The maximum Gasteiger partial charge on any atom is 0.127 e. The molecule has 1 aliphatic rings. The van der Waals surface area contributed by atoms with Crippen molar-refractivity contribution < 1.29 is 14.2 Å². The van der Waals surface area contributed by atoms with Crippen molar-refractivity contribution in [3.8, 4) is 11.5 Å². The summed E-state index contributed by atoms with van der Waals surface area (Å²) in [6, 6.07) is 5.86. The highest BCUT2D eigenvalue weighted by atomic mass is 16.5. The highest BCUT2D eigenvalue weighted by molar-refractivity contribution is 5.45. The van der Waals surface area contributed by atoms with Crippen LogP contribution >= 0.6 is 0 Å². The Labute approximate surface area is 95.5 Å². The van der Waals surface area contributed by atoms with E-state index >= 15 is 0 Å². The number of benzene rings is 1. The molecule has 2 rings (SSSR count). The molecule has 4 nitrogen and oxygen atoms in total. The molecule has 0 spiro atoms. The number of methoxy groups -OCH3 is 2. The summed E-state index contributed by atoms with van der Waals surface area (Å²) >= 11 is 0. The summed E-state index contributed by atoms with van der Waals surface area (Å²) in [4.78, 5) is 0. The molecule has 16 heavy (non-hydrogen) atoms. The molecule has 0 aromatic heterocycles. The molecular formula is C12H17NO3. The molecule has 1 heterocycles. The second kappa shape index (κ2) is 4.31. The summed E-state index contributed by atoms with van der Waals surface area (Å²) in [6.45, 7) is 1.35. The van der Waals surface area contributed by atoms with Crippen LogP contribution in [0, 0.1) is 0 Å². The first-order chi connectivity index (χ1) is 7.75. The van der Waals surface area contributed by atoms with Crippen LogP contribution in [-0.4, -0.2) is 34.5 Å². The molecule has 1 aliphatic heterocycles. The Morgan fingerprint density at radius 2 is 2.00 bits per heavy atom. The second-order valence-electron chi connectivity index (χ2n) is 3.89. The van der Waals surface area contributed by atoms with Gasteiger partial charge in [0.2, 0.25) is 0 Å². The lowest BCUT2D eigenvalue weighted by Gasteiger charge is -2.42. The summed E-state index contributed by atoms with van der Waals surface area (Å²) in [7, 11) is 5.25. The summed E-state index contributed by atoms with van der Waals surface area (Å²) in [5, 5.41) is 3.30. The predicted octanol–water partition coefficient (Wildman–Crippen LogP) is 1.15. The average molecular weight is 223 g/mol. The number of hydrogen-bond acceptors (Lipinski definition) is 4. The molecule has 1 fully saturated rings. The quantitative estimate of drug-likeness (QED) is 0.831. The van der Waals surface area contributed by atoms with Crippen LogP contribution in [0.25, 0.3) is 0 Å². The van der Waals surface area contributed by atoms with Crippen molar-refractivity contribution >= 4 is 0 Å². The monoisotopic (exact) mass is 223 g/mol. The molecule has 88 valence electrons. The molecule has 0 amide bonds. The highest BCUT2D eigenvalue weighted by Gasteiger charge is 2.41. The largest absolute Gasteiger partial charge is 0.497 e. The summed E-state index contributed by atoms with van der Waals surface area (Å²) in [5.41, 5.74) is 1.00. The summed E-state index contributed by atoms with van der Waals surface area (Å²) < 4.78 is 15.9. The number of ether oxygens (including phenoxy) is 3. The number of rotatable bonds is 4. The van der Waals surface area contributed by atoms with Crippen LogP contribution in [0.1, 0.15) is 5.56 Å². The van der Waals surface area contributed by atoms with Gasteiger partial charge in [0, 0.05) is 11.6 Å². The van der Waals surface area contributed by atoms with Gasteiger partial charge in [-0.2, -0.15) is 0 Å².